The Bertz CT molecular complexity index is 602. The first-order valence-electron chi connectivity index (χ1n) is 7.07. The van der Waals surface area contributed by atoms with Gasteiger partial charge in [-0.1, -0.05) is 18.9 Å². The molecule has 2 nitrogen and oxygen atoms in total. The van der Waals surface area contributed by atoms with Crippen LogP contribution in [0.3, 0.4) is 0 Å². The van der Waals surface area contributed by atoms with E-state index in [4.69, 9.17) is 12.2 Å². The van der Waals surface area contributed by atoms with Crippen LogP contribution in [-0.2, 0) is 5.54 Å². The Kier molecular flexibility index (Phi) is 4.22. The lowest BCUT2D eigenvalue weighted by Crippen LogP contribution is -2.45. The summed E-state index contributed by atoms with van der Waals surface area (Å²) in [5, 5.41) is 9.33. The molecule has 1 saturated carbocycles. The molecule has 1 aromatic heterocycles. The maximum absolute atomic E-state index is 12.9. The van der Waals surface area contributed by atoms with Crippen LogP contribution in [0, 0.1) is 5.82 Å². The van der Waals surface area contributed by atoms with Crippen molar-refractivity contribution < 1.29 is 4.39 Å². The summed E-state index contributed by atoms with van der Waals surface area (Å²) in [4.78, 5) is 1.34. The fourth-order valence-electron chi connectivity index (χ4n) is 2.88. The van der Waals surface area contributed by atoms with Crippen molar-refractivity contribution in [1.82, 2.24) is 5.32 Å². The van der Waals surface area contributed by atoms with Gasteiger partial charge in [-0.05, 0) is 60.8 Å². The van der Waals surface area contributed by atoms with E-state index in [0.29, 0.717) is 5.11 Å². The van der Waals surface area contributed by atoms with Gasteiger partial charge in [0, 0.05) is 10.6 Å². The predicted molar refractivity (Wildman–Crippen MR) is 90.2 cm³/mol. The number of rotatable bonds is 3. The minimum Gasteiger partial charge on any atom is -0.352 e. The van der Waals surface area contributed by atoms with Gasteiger partial charge in [-0.2, -0.15) is 0 Å². The molecule has 3 rings (SSSR count). The van der Waals surface area contributed by atoms with Crippen LogP contribution in [-0.4, -0.2) is 5.11 Å². The minimum atomic E-state index is -0.245. The molecule has 1 fully saturated rings. The Morgan fingerprint density at radius 1 is 1.14 bits per heavy atom. The van der Waals surface area contributed by atoms with Crippen LogP contribution in [0.15, 0.2) is 41.8 Å². The molecule has 21 heavy (non-hydrogen) atoms. The van der Waals surface area contributed by atoms with Crippen LogP contribution >= 0.6 is 23.6 Å². The standard InChI is InChI=1S/C16H17FN2S2/c17-12-5-7-13(8-6-12)18-15(20)19-16(9-1-2-10-16)14-4-3-11-21-14/h3-8,11H,1-2,9-10H2,(H2,18,19,20). The molecular weight excluding hydrogens is 303 g/mol. The van der Waals surface area contributed by atoms with E-state index >= 15 is 0 Å². The van der Waals surface area contributed by atoms with E-state index in [1.54, 1.807) is 23.5 Å². The summed E-state index contributed by atoms with van der Waals surface area (Å²) in [7, 11) is 0. The Hall–Kier alpha value is -1.46. The molecule has 2 aromatic rings. The number of halogens is 1. The highest BCUT2D eigenvalue weighted by Gasteiger charge is 2.37. The Morgan fingerprint density at radius 2 is 1.86 bits per heavy atom. The van der Waals surface area contributed by atoms with Gasteiger partial charge in [0.25, 0.3) is 0 Å². The van der Waals surface area contributed by atoms with Crippen LogP contribution in [0.25, 0.3) is 0 Å². The highest BCUT2D eigenvalue weighted by Crippen LogP contribution is 2.40. The number of hydrogen-bond acceptors (Lipinski definition) is 2. The molecule has 0 spiro atoms. The highest BCUT2D eigenvalue weighted by atomic mass is 32.1. The maximum Gasteiger partial charge on any atom is 0.171 e. The van der Waals surface area contributed by atoms with Gasteiger partial charge in [0.2, 0.25) is 0 Å². The predicted octanol–water partition coefficient (Wildman–Crippen LogP) is 4.64. The number of hydrogen-bond donors (Lipinski definition) is 2. The molecule has 0 amide bonds. The van der Waals surface area contributed by atoms with E-state index in [1.165, 1.54) is 29.9 Å². The summed E-state index contributed by atoms with van der Waals surface area (Å²) >= 11 is 7.21. The van der Waals surface area contributed by atoms with Crippen LogP contribution in [0.4, 0.5) is 10.1 Å². The summed E-state index contributed by atoms with van der Waals surface area (Å²) in [5.74, 6) is -0.245. The smallest absolute Gasteiger partial charge is 0.171 e. The molecule has 1 aliphatic carbocycles. The average molecular weight is 320 g/mol. The van der Waals surface area contributed by atoms with Gasteiger partial charge >= 0.3 is 0 Å². The van der Waals surface area contributed by atoms with Crippen molar-refractivity contribution in [3.63, 3.8) is 0 Å². The first kappa shape index (κ1) is 14.5. The third kappa shape index (κ3) is 3.24. The van der Waals surface area contributed by atoms with Crippen LogP contribution in [0.1, 0.15) is 30.6 Å². The molecule has 0 unspecified atom stereocenters. The van der Waals surface area contributed by atoms with E-state index in [2.05, 4.69) is 28.1 Å². The second kappa shape index (κ2) is 6.12. The van der Waals surface area contributed by atoms with Gasteiger partial charge in [-0.15, -0.1) is 11.3 Å². The summed E-state index contributed by atoms with van der Waals surface area (Å²) in [6.45, 7) is 0. The summed E-state index contributed by atoms with van der Waals surface area (Å²) in [6.07, 6.45) is 4.62. The zero-order valence-electron chi connectivity index (χ0n) is 11.6. The van der Waals surface area contributed by atoms with Gasteiger partial charge in [-0.3, -0.25) is 0 Å². The van der Waals surface area contributed by atoms with Crippen molar-refractivity contribution in [1.29, 1.82) is 0 Å². The van der Waals surface area contributed by atoms with Gasteiger partial charge in [0.1, 0.15) is 5.82 Å². The van der Waals surface area contributed by atoms with E-state index in [9.17, 15) is 4.39 Å². The highest BCUT2D eigenvalue weighted by molar-refractivity contribution is 7.80. The van der Waals surface area contributed by atoms with Crippen molar-refractivity contribution in [3.05, 3.63) is 52.5 Å². The third-order valence-corrected chi connectivity index (χ3v) is 5.18. The van der Waals surface area contributed by atoms with Crippen molar-refractivity contribution in [2.45, 2.75) is 31.2 Å². The van der Waals surface area contributed by atoms with Gasteiger partial charge < -0.3 is 10.6 Å². The third-order valence-electron chi connectivity index (χ3n) is 3.90. The molecule has 0 aliphatic heterocycles. The zero-order valence-corrected chi connectivity index (χ0v) is 13.2. The van der Waals surface area contributed by atoms with Crippen molar-refractivity contribution in [2.75, 3.05) is 5.32 Å². The first-order chi connectivity index (χ1) is 10.2. The molecule has 2 N–H and O–H groups in total. The molecular formula is C16H17FN2S2. The normalized spacial score (nSPS) is 16.6. The number of nitrogens with one attached hydrogen (secondary N) is 2. The van der Waals surface area contributed by atoms with E-state index < -0.39 is 0 Å². The number of benzene rings is 1. The number of thiocarbonyl (C=S) groups is 1. The lowest BCUT2D eigenvalue weighted by atomic mass is 9.96. The molecule has 1 aliphatic rings. The fraction of sp³-hybridized carbons (Fsp3) is 0.312. The van der Waals surface area contributed by atoms with E-state index in [1.807, 2.05) is 0 Å². The summed E-state index contributed by atoms with van der Waals surface area (Å²) in [6, 6.07) is 10.5. The van der Waals surface area contributed by atoms with Gasteiger partial charge in [0.15, 0.2) is 5.11 Å². The minimum absolute atomic E-state index is 0.0434. The molecule has 0 bridgehead atoms. The molecule has 0 radical (unpaired) electrons. The molecule has 110 valence electrons. The molecule has 5 heteroatoms. The lowest BCUT2D eigenvalue weighted by molar-refractivity contribution is 0.417. The summed E-state index contributed by atoms with van der Waals surface area (Å²) < 4.78 is 12.9. The van der Waals surface area contributed by atoms with Gasteiger partial charge in [0.05, 0.1) is 5.54 Å². The lowest BCUT2D eigenvalue weighted by Gasteiger charge is -2.31. The Morgan fingerprint density at radius 3 is 2.48 bits per heavy atom. The second-order valence-electron chi connectivity index (χ2n) is 5.35. The van der Waals surface area contributed by atoms with Crippen molar-refractivity contribution in [3.8, 4) is 0 Å². The summed E-state index contributed by atoms with van der Waals surface area (Å²) in [5.41, 5.74) is 0.756. The van der Waals surface area contributed by atoms with Crippen LogP contribution in [0.2, 0.25) is 0 Å². The molecule has 0 saturated heterocycles. The van der Waals surface area contributed by atoms with Crippen LogP contribution in [0.5, 0.6) is 0 Å². The fourth-order valence-corrected chi connectivity index (χ4v) is 4.13. The van der Waals surface area contributed by atoms with E-state index in [0.717, 1.165) is 18.5 Å². The Balaban J connectivity index is 1.71. The topological polar surface area (TPSA) is 24.1 Å². The second-order valence-corrected chi connectivity index (χ2v) is 6.71. The SMILES string of the molecule is Fc1ccc(NC(=S)NC2(c3cccs3)CCCC2)cc1. The zero-order chi connectivity index (χ0) is 14.7. The maximum atomic E-state index is 12.9. The van der Waals surface area contributed by atoms with Crippen molar-refractivity contribution in [2.24, 2.45) is 0 Å². The molecule has 1 heterocycles. The van der Waals surface area contributed by atoms with E-state index in [-0.39, 0.29) is 11.4 Å². The average Bonchev–Trinajstić information content (AvgIpc) is 3.12. The molecule has 0 atom stereocenters. The number of thiophene rings is 1. The van der Waals surface area contributed by atoms with Gasteiger partial charge in [-0.25, -0.2) is 4.39 Å². The quantitative estimate of drug-likeness (QED) is 0.806. The largest absolute Gasteiger partial charge is 0.352 e. The first-order valence-corrected chi connectivity index (χ1v) is 8.35. The number of anilines is 1. The van der Waals surface area contributed by atoms with Crippen molar-refractivity contribution >= 4 is 34.4 Å². The Labute approximate surface area is 133 Å². The monoisotopic (exact) mass is 320 g/mol. The van der Waals surface area contributed by atoms with Crippen LogP contribution < -0.4 is 10.6 Å². The molecule has 1 aromatic carbocycles.